The van der Waals surface area contributed by atoms with Gasteiger partial charge in [-0.25, -0.2) is 4.79 Å². The smallest absolute Gasteiger partial charge is 0.329 e. The molecule has 4 saturated carbocycles. The molecule has 4 fully saturated rings. The van der Waals surface area contributed by atoms with Gasteiger partial charge in [0.1, 0.15) is 0 Å². The molecule has 4 bridgehead atoms. The van der Waals surface area contributed by atoms with E-state index in [9.17, 15) is 14.4 Å². The Kier molecular flexibility index (Phi) is 2.77. The van der Waals surface area contributed by atoms with Gasteiger partial charge >= 0.3 is 5.97 Å². The molecule has 0 N–H and O–H groups in total. The van der Waals surface area contributed by atoms with Crippen molar-refractivity contribution in [1.29, 1.82) is 0 Å². The molecule has 0 spiro atoms. The first-order valence-electron chi connectivity index (χ1n) is 8.76. The monoisotopic (exact) mass is 325 g/mol. The number of hydroxylamine groups is 2. The molecule has 1 aliphatic heterocycles. The summed E-state index contributed by atoms with van der Waals surface area (Å²) in [5.41, 5.74) is 0.131. The fourth-order valence-corrected chi connectivity index (χ4v) is 5.79. The maximum atomic E-state index is 12.9. The highest BCUT2D eigenvalue weighted by Crippen LogP contribution is 2.60. The summed E-state index contributed by atoms with van der Waals surface area (Å²) in [6.45, 7) is 0. The molecule has 5 aliphatic rings. The normalized spacial score (nSPS) is 36.2. The lowest BCUT2D eigenvalue weighted by atomic mass is 9.49. The predicted molar refractivity (Wildman–Crippen MR) is 83.6 cm³/mol. The van der Waals surface area contributed by atoms with Crippen LogP contribution in [0.25, 0.3) is 0 Å². The molecular formula is C19H19NO4. The zero-order chi connectivity index (χ0) is 16.5. The zero-order valence-electron chi connectivity index (χ0n) is 13.4. The van der Waals surface area contributed by atoms with E-state index < -0.39 is 17.2 Å². The van der Waals surface area contributed by atoms with Crippen LogP contribution in [0, 0.1) is 23.2 Å². The van der Waals surface area contributed by atoms with Crippen molar-refractivity contribution in [2.45, 2.75) is 38.5 Å². The number of hydrogen-bond acceptors (Lipinski definition) is 4. The van der Waals surface area contributed by atoms with Crippen LogP contribution in [0.4, 0.5) is 0 Å². The highest BCUT2D eigenvalue weighted by Gasteiger charge is 2.56. The number of benzene rings is 1. The Labute approximate surface area is 139 Å². The SMILES string of the molecule is O=C1c2ccccc2C(=O)N1OC(=O)C12CC3CC(CC(C3)C1)C2. The lowest BCUT2D eigenvalue weighted by Gasteiger charge is -2.55. The van der Waals surface area contributed by atoms with Crippen LogP contribution in [0.3, 0.4) is 0 Å². The minimum Gasteiger partial charge on any atom is -0.329 e. The van der Waals surface area contributed by atoms with E-state index in [4.69, 9.17) is 4.84 Å². The van der Waals surface area contributed by atoms with Crippen LogP contribution < -0.4 is 0 Å². The third-order valence-electron chi connectivity index (χ3n) is 6.40. The van der Waals surface area contributed by atoms with Gasteiger partial charge in [-0.05, 0) is 68.4 Å². The predicted octanol–water partition coefficient (Wildman–Crippen LogP) is 2.96. The molecule has 0 radical (unpaired) electrons. The highest BCUT2D eigenvalue weighted by molar-refractivity contribution is 6.20. The largest absolute Gasteiger partial charge is 0.339 e. The number of fused-ring (bicyclic) bond motifs is 1. The Morgan fingerprint density at radius 1 is 0.917 bits per heavy atom. The number of nitrogens with zero attached hydrogens (tertiary/aromatic N) is 1. The summed E-state index contributed by atoms with van der Waals surface area (Å²) in [6, 6.07) is 6.59. The Hall–Kier alpha value is -2.17. The van der Waals surface area contributed by atoms with Crippen LogP contribution in [-0.2, 0) is 9.63 Å². The first-order chi connectivity index (χ1) is 11.6. The van der Waals surface area contributed by atoms with Gasteiger partial charge in [-0.1, -0.05) is 17.2 Å². The van der Waals surface area contributed by atoms with Crippen molar-refractivity contribution < 1.29 is 19.2 Å². The van der Waals surface area contributed by atoms with Crippen molar-refractivity contribution in [3.05, 3.63) is 35.4 Å². The molecule has 24 heavy (non-hydrogen) atoms. The van der Waals surface area contributed by atoms with Crippen LogP contribution in [0.5, 0.6) is 0 Å². The van der Waals surface area contributed by atoms with Crippen molar-refractivity contribution >= 4 is 17.8 Å². The first-order valence-corrected chi connectivity index (χ1v) is 8.76. The molecule has 1 aromatic carbocycles. The van der Waals surface area contributed by atoms with Crippen molar-refractivity contribution in [1.82, 2.24) is 5.06 Å². The number of carbonyl (C=O) groups excluding carboxylic acids is 3. The second-order valence-corrected chi connectivity index (χ2v) is 8.03. The second-order valence-electron chi connectivity index (χ2n) is 8.03. The van der Waals surface area contributed by atoms with Gasteiger partial charge in [0.15, 0.2) is 0 Å². The summed E-state index contributed by atoms with van der Waals surface area (Å²) in [4.78, 5) is 43.1. The van der Waals surface area contributed by atoms with E-state index in [1.165, 1.54) is 19.3 Å². The Morgan fingerprint density at radius 2 is 1.38 bits per heavy atom. The Balaban J connectivity index is 1.40. The average molecular weight is 325 g/mol. The van der Waals surface area contributed by atoms with Gasteiger partial charge < -0.3 is 4.84 Å². The first kappa shape index (κ1) is 14.2. The third-order valence-corrected chi connectivity index (χ3v) is 6.40. The molecule has 0 atom stereocenters. The number of imide groups is 1. The molecule has 6 rings (SSSR count). The standard InChI is InChI=1S/C19H19NO4/c21-16-14-3-1-2-4-15(14)17(22)20(16)24-18(23)19-8-11-5-12(9-19)7-13(6-11)10-19/h1-4,11-13H,5-10H2. The fourth-order valence-electron chi connectivity index (χ4n) is 5.79. The van der Waals surface area contributed by atoms with Crippen LogP contribution in [0.15, 0.2) is 24.3 Å². The molecule has 1 aromatic rings. The van der Waals surface area contributed by atoms with E-state index in [1.54, 1.807) is 24.3 Å². The van der Waals surface area contributed by atoms with E-state index in [2.05, 4.69) is 0 Å². The summed E-state index contributed by atoms with van der Waals surface area (Å²) < 4.78 is 0. The zero-order valence-corrected chi connectivity index (χ0v) is 13.4. The maximum absolute atomic E-state index is 12.9. The van der Waals surface area contributed by atoms with Crippen molar-refractivity contribution in [3.8, 4) is 0 Å². The van der Waals surface area contributed by atoms with E-state index >= 15 is 0 Å². The van der Waals surface area contributed by atoms with Crippen molar-refractivity contribution in [2.24, 2.45) is 23.2 Å². The van der Waals surface area contributed by atoms with Gasteiger partial charge in [-0.2, -0.15) is 0 Å². The quantitative estimate of drug-likeness (QED) is 0.784. The minimum atomic E-state index is -0.534. The molecule has 4 aliphatic carbocycles. The average Bonchev–Trinajstić information content (AvgIpc) is 2.79. The molecule has 0 unspecified atom stereocenters. The molecule has 2 amide bonds. The Bertz CT molecular complexity index is 698. The van der Waals surface area contributed by atoms with Crippen molar-refractivity contribution in [3.63, 3.8) is 0 Å². The van der Waals surface area contributed by atoms with E-state index in [0.717, 1.165) is 19.3 Å². The summed E-state index contributed by atoms with van der Waals surface area (Å²) in [5.74, 6) is 0.362. The van der Waals surface area contributed by atoms with Gasteiger partial charge in [0.2, 0.25) is 0 Å². The highest BCUT2D eigenvalue weighted by atomic mass is 16.7. The fraction of sp³-hybridized carbons (Fsp3) is 0.526. The summed E-state index contributed by atoms with van der Waals surface area (Å²) in [6.07, 6.45) is 6.21. The van der Waals surface area contributed by atoms with Gasteiger partial charge in [0, 0.05) is 0 Å². The molecular weight excluding hydrogens is 306 g/mol. The van der Waals surface area contributed by atoms with Crippen LogP contribution >= 0.6 is 0 Å². The number of hydrogen-bond donors (Lipinski definition) is 0. The van der Waals surface area contributed by atoms with Gasteiger partial charge in [-0.15, -0.1) is 0 Å². The van der Waals surface area contributed by atoms with E-state index in [-0.39, 0.29) is 5.97 Å². The van der Waals surface area contributed by atoms with Crippen LogP contribution in [0.1, 0.15) is 59.2 Å². The summed E-state index contributed by atoms with van der Waals surface area (Å²) >= 11 is 0. The number of amides is 2. The molecule has 1 heterocycles. The molecule has 0 saturated heterocycles. The third kappa shape index (κ3) is 1.84. The molecule has 124 valence electrons. The number of rotatable bonds is 2. The topological polar surface area (TPSA) is 63.7 Å². The molecule has 5 nitrogen and oxygen atoms in total. The van der Waals surface area contributed by atoms with Gasteiger partial charge in [0.25, 0.3) is 11.8 Å². The van der Waals surface area contributed by atoms with Crippen LogP contribution in [0.2, 0.25) is 0 Å². The van der Waals surface area contributed by atoms with Crippen LogP contribution in [-0.4, -0.2) is 22.8 Å². The molecule has 0 aromatic heterocycles. The maximum Gasteiger partial charge on any atom is 0.339 e. The Morgan fingerprint density at radius 3 is 1.83 bits per heavy atom. The van der Waals surface area contributed by atoms with E-state index in [1.807, 2.05) is 0 Å². The lowest BCUT2D eigenvalue weighted by Crippen LogP contribution is -2.52. The molecule has 5 heteroatoms. The van der Waals surface area contributed by atoms with Gasteiger partial charge in [0.05, 0.1) is 16.5 Å². The summed E-state index contributed by atoms with van der Waals surface area (Å²) in [7, 11) is 0. The lowest BCUT2D eigenvalue weighted by molar-refractivity contribution is -0.195. The van der Waals surface area contributed by atoms with E-state index in [0.29, 0.717) is 33.9 Å². The van der Waals surface area contributed by atoms with Gasteiger partial charge in [-0.3, -0.25) is 9.59 Å². The summed E-state index contributed by atoms with van der Waals surface area (Å²) in [5, 5.41) is 0.672. The number of carbonyl (C=O) groups is 3. The van der Waals surface area contributed by atoms with Crippen molar-refractivity contribution in [2.75, 3.05) is 0 Å². The second kappa shape index (κ2) is 4.68. The minimum absolute atomic E-state index is 0.306.